The zero-order valence-electron chi connectivity index (χ0n) is 11.2. The van der Waals surface area contributed by atoms with Gasteiger partial charge in [0.15, 0.2) is 0 Å². The average Bonchev–Trinajstić information content (AvgIpc) is 2.41. The number of nitrogens with one attached hydrogen (secondary N) is 1. The normalized spacial score (nSPS) is 10.4. The van der Waals surface area contributed by atoms with Gasteiger partial charge in [0.05, 0.1) is 6.42 Å². The molecule has 5 heteroatoms. The zero-order chi connectivity index (χ0) is 15.2. The third-order valence-electron chi connectivity index (χ3n) is 2.99. The Morgan fingerprint density at radius 1 is 1.00 bits per heavy atom. The molecule has 1 amide bonds. The Hall–Kier alpha value is -2.30. The first-order valence-corrected chi connectivity index (χ1v) is 6.49. The van der Waals surface area contributed by atoms with Crippen LogP contribution in [0.4, 0.5) is 13.2 Å². The first-order chi connectivity index (χ1) is 10.0. The second-order valence-corrected chi connectivity index (χ2v) is 4.64. The molecule has 110 valence electrons. The zero-order valence-corrected chi connectivity index (χ0v) is 11.2. The van der Waals surface area contributed by atoms with Crippen molar-refractivity contribution in [2.75, 3.05) is 6.54 Å². The van der Waals surface area contributed by atoms with Crippen LogP contribution in [-0.2, 0) is 17.6 Å². The maximum Gasteiger partial charge on any atom is 0.224 e. The standard InChI is InChI=1S/C16H14F3NO/c17-13-3-1-2-11(8-13)9-16(21)20-7-6-12-4-5-14(18)10-15(12)19/h1-5,8,10H,6-7,9H2,(H,20,21). The van der Waals surface area contributed by atoms with Crippen LogP contribution in [0.3, 0.4) is 0 Å². The summed E-state index contributed by atoms with van der Waals surface area (Å²) in [4.78, 5) is 11.7. The van der Waals surface area contributed by atoms with Gasteiger partial charge in [0, 0.05) is 12.6 Å². The van der Waals surface area contributed by atoms with Crippen LogP contribution < -0.4 is 5.32 Å². The van der Waals surface area contributed by atoms with Gasteiger partial charge in [-0.15, -0.1) is 0 Å². The van der Waals surface area contributed by atoms with Crippen molar-refractivity contribution >= 4 is 5.91 Å². The van der Waals surface area contributed by atoms with E-state index in [-0.39, 0.29) is 25.3 Å². The molecule has 0 heterocycles. The molecule has 0 aromatic heterocycles. The highest BCUT2D eigenvalue weighted by Crippen LogP contribution is 2.09. The molecule has 0 aliphatic rings. The summed E-state index contributed by atoms with van der Waals surface area (Å²) in [5.41, 5.74) is 0.905. The minimum atomic E-state index is -0.633. The van der Waals surface area contributed by atoms with E-state index in [1.807, 2.05) is 0 Å². The van der Waals surface area contributed by atoms with Gasteiger partial charge in [-0.1, -0.05) is 18.2 Å². The van der Waals surface area contributed by atoms with Crippen LogP contribution in [0.1, 0.15) is 11.1 Å². The molecule has 0 aliphatic heterocycles. The van der Waals surface area contributed by atoms with Crippen LogP contribution in [0.2, 0.25) is 0 Å². The summed E-state index contributed by atoms with van der Waals surface area (Å²) in [5.74, 6) is -1.93. The molecule has 0 spiro atoms. The molecule has 0 fully saturated rings. The number of carbonyl (C=O) groups is 1. The van der Waals surface area contributed by atoms with E-state index in [0.717, 1.165) is 6.07 Å². The highest BCUT2D eigenvalue weighted by Gasteiger charge is 2.06. The average molecular weight is 293 g/mol. The summed E-state index contributed by atoms with van der Waals surface area (Å²) in [6.07, 6.45) is 0.324. The van der Waals surface area contributed by atoms with Gasteiger partial charge < -0.3 is 5.32 Å². The van der Waals surface area contributed by atoms with E-state index >= 15 is 0 Å². The number of halogens is 3. The largest absolute Gasteiger partial charge is 0.355 e. The summed E-state index contributed by atoms with van der Waals surface area (Å²) in [7, 11) is 0. The number of hydrogen-bond donors (Lipinski definition) is 1. The number of hydrogen-bond acceptors (Lipinski definition) is 1. The molecule has 2 nitrogen and oxygen atoms in total. The first-order valence-electron chi connectivity index (χ1n) is 6.49. The topological polar surface area (TPSA) is 29.1 Å². The third-order valence-corrected chi connectivity index (χ3v) is 2.99. The van der Waals surface area contributed by atoms with Gasteiger partial charge in [0.2, 0.25) is 5.91 Å². The monoisotopic (exact) mass is 293 g/mol. The third kappa shape index (κ3) is 4.63. The Kier molecular flexibility index (Phi) is 4.98. The molecule has 2 aromatic carbocycles. The van der Waals surface area contributed by atoms with Crippen molar-refractivity contribution in [2.45, 2.75) is 12.8 Å². The first kappa shape index (κ1) is 15.1. The van der Waals surface area contributed by atoms with E-state index < -0.39 is 17.5 Å². The van der Waals surface area contributed by atoms with E-state index in [4.69, 9.17) is 0 Å². The SMILES string of the molecule is O=C(Cc1cccc(F)c1)NCCc1ccc(F)cc1F. The lowest BCUT2D eigenvalue weighted by atomic mass is 10.1. The highest BCUT2D eigenvalue weighted by molar-refractivity contribution is 5.78. The van der Waals surface area contributed by atoms with Crippen molar-refractivity contribution in [3.8, 4) is 0 Å². The maximum absolute atomic E-state index is 13.4. The predicted octanol–water partition coefficient (Wildman–Crippen LogP) is 3.01. The van der Waals surface area contributed by atoms with Gasteiger partial charge in [0.25, 0.3) is 0 Å². The van der Waals surface area contributed by atoms with Crippen LogP contribution >= 0.6 is 0 Å². The predicted molar refractivity (Wildman–Crippen MR) is 73.2 cm³/mol. The molecule has 2 rings (SSSR count). The van der Waals surface area contributed by atoms with Crippen LogP contribution in [0.5, 0.6) is 0 Å². The van der Waals surface area contributed by atoms with Gasteiger partial charge >= 0.3 is 0 Å². The number of benzene rings is 2. The summed E-state index contributed by atoms with van der Waals surface area (Å²) < 4.78 is 39.1. The Labute approximate surface area is 120 Å². The van der Waals surface area contributed by atoms with Crippen LogP contribution in [0.15, 0.2) is 42.5 Å². The van der Waals surface area contributed by atoms with E-state index in [1.54, 1.807) is 6.07 Å². The Morgan fingerprint density at radius 2 is 1.76 bits per heavy atom. The molecule has 0 saturated heterocycles. The number of carbonyl (C=O) groups excluding carboxylic acids is 1. The highest BCUT2D eigenvalue weighted by atomic mass is 19.1. The maximum atomic E-state index is 13.4. The molecule has 2 aromatic rings. The van der Waals surface area contributed by atoms with Crippen molar-refractivity contribution in [3.05, 3.63) is 71.0 Å². The number of rotatable bonds is 5. The fourth-order valence-corrected chi connectivity index (χ4v) is 1.96. The lowest BCUT2D eigenvalue weighted by Gasteiger charge is -2.06. The molecule has 21 heavy (non-hydrogen) atoms. The summed E-state index contributed by atoms with van der Waals surface area (Å²) in [5, 5.41) is 2.62. The summed E-state index contributed by atoms with van der Waals surface area (Å²) in [6.45, 7) is 0.233. The van der Waals surface area contributed by atoms with Crippen LogP contribution in [0, 0.1) is 17.5 Å². The Balaban J connectivity index is 1.81. The van der Waals surface area contributed by atoms with Crippen molar-refractivity contribution in [1.82, 2.24) is 5.32 Å². The molecule has 1 N–H and O–H groups in total. The van der Waals surface area contributed by atoms with Crippen LogP contribution in [0.25, 0.3) is 0 Å². The van der Waals surface area contributed by atoms with Crippen molar-refractivity contribution in [1.29, 1.82) is 0 Å². The van der Waals surface area contributed by atoms with Crippen molar-refractivity contribution in [2.24, 2.45) is 0 Å². The summed E-state index contributed by atoms with van der Waals surface area (Å²) >= 11 is 0. The van der Waals surface area contributed by atoms with Gasteiger partial charge in [-0.05, 0) is 35.7 Å². The van der Waals surface area contributed by atoms with E-state index in [0.29, 0.717) is 11.1 Å². The van der Waals surface area contributed by atoms with Gasteiger partial charge in [-0.2, -0.15) is 0 Å². The molecule has 0 unspecified atom stereocenters. The van der Waals surface area contributed by atoms with Gasteiger partial charge in [0.1, 0.15) is 17.5 Å². The fraction of sp³-hybridized carbons (Fsp3) is 0.188. The molecule has 0 saturated carbocycles. The lowest BCUT2D eigenvalue weighted by Crippen LogP contribution is -2.27. The fourth-order valence-electron chi connectivity index (χ4n) is 1.96. The molecule has 0 radical (unpaired) electrons. The Morgan fingerprint density at radius 3 is 2.48 bits per heavy atom. The second kappa shape index (κ2) is 6.92. The van der Waals surface area contributed by atoms with E-state index in [2.05, 4.69) is 5.32 Å². The van der Waals surface area contributed by atoms with Crippen molar-refractivity contribution < 1.29 is 18.0 Å². The smallest absolute Gasteiger partial charge is 0.224 e. The molecular weight excluding hydrogens is 279 g/mol. The van der Waals surface area contributed by atoms with E-state index in [1.165, 1.54) is 30.3 Å². The quantitative estimate of drug-likeness (QED) is 0.902. The Bertz CT molecular complexity index is 643. The lowest BCUT2D eigenvalue weighted by molar-refractivity contribution is -0.120. The second-order valence-electron chi connectivity index (χ2n) is 4.64. The minimum Gasteiger partial charge on any atom is -0.355 e. The van der Waals surface area contributed by atoms with E-state index in [9.17, 15) is 18.0 Å². The van der Waals surface area contributed by atoms with Crippen molar-refractivity contribution in [3.63, 3.8) is 0 Å². The van der Waals surface area contributed by atoms with Gasteiger partial charge in [-0.25, -0.2) is 13.2 Å². The molecule has 0 bridgehead atoms. The van der Waals surface area contributed by atoms with Crippen LogP contribution in [-0.4, -0.2) is 12.5 Å². The molecule has 0 atom stereocenters. The molecular formula is C16H14F3NO. The molecule has 0 aliphatic carbocycles. The minimum absolute atomic E-state index is 0.0592. The number of amides is 1. The van der Waals surface area contributed by atoms with Gasteiger partial charge in [-0.3, -0.25) is 4.79 Å². The summed E-state index contributed by atoms with van der Waals surface area (Å²) in [6, 6.07) is 9.12.